The van der Waals surface area contributed by atoms with Crippen LogP contribution in [0.25, 0.3) is 0 Å². The predicted molar refractivity (Wildman–Crippen MR) is 85.5 cm³/mol. The summed E-state index contributed by atoms with van der Waals surface area (Å²) in [4.78, 5) is 34.9. The number of hydrogen-bond donors (Lipinski definition) is 2. The van der Waals surface area contributed by atoms with E-state index in [-0.39, 0.29) is 23.7 Å². The number of anilines is 1. The molecular weight excluding hydrogens is 296 g/mol. The number of Topliss-reactive ketones (excluding diaryl/α,β-unsaturated/α-hetero) is 1. The Kier molecular flexibility index (Phi) is 5.09. The summed E-state index contributed by atoms with van der Waals surface area (Å²) in [5.41, 5.74) is 6.11. The SMILES string of the molecule is CC(=O)c1ccccc1NC(=O)c1ccccc1OCC(N)=O. The molecule has 6 heteroatoms. The van der Waals surface area contributed by atoms with Crippen molar-refractivity contribution >= 4 is 23.3 Å². The van der Waals surface area contributed by atoms with Crippen LogP contribution in [0.4, 0.5) is 5.69 Å². The Balaban J connectivity index is 2.25. The number of benzene rings is 2. The third kappa shape index (κ3) is 4.16. The summed E-state index contributed by atoms with van der Waals surface area (Å²) in [7, 11) is 0. The van der Waals surface area contributed by atoms with Gasteiger partial charge in [-0.3, -0.25) is 14.4 Å². The summed E-state index contributed by atoms with van der Waals surface area (Å²) in [6.07, 6.45) is 0. The Morgan fingerprint density at radius 2 is 1.61 bits per heavy atom. The van der Waals surface area contributed by atoms with Crippen molar-refractivity contribution in [3.63, 3.8) is 0 Å². The maximum absolute atomic E-state index is 12.4. The summed E-state index contributed by atoms with van der Waals surface area (Å²) in [5.74, 6) is -0.996. The van der Waals surface area contributed by atoms with Crippen LogP contribution in [-0.4, -0.2) is 24.2 Å². The number of amides is 2. The minimum Gasteiger partial charge on any atom is -0.483 e. The van der Waals surface area contributed by atoms with Crippen LogP contribution < -0.4 is 15.8 Å². The highest BCUT2D eigenvalue weighted by Crippen LogP contribution is 2.21. The molecule has 2 aromatic carbocycles. The second kappa shape index (κ2) is 7.22. The van der Waals surface area contributed by atoms with E-state index < -0.39 is 11.8 Å². The van der Waals surface area contributed by atoms with E-state index in [1.165, 1.54) is 6.92 Å². The van der Waals surface area contributed by atoms with Gasteiger partial charge in [0.1, 0.15) is 5.75 Å². The van der Waals surface area contributed by atoms with Gasteiger partial charge in [0.25, 0.3) is 11.8 Å². The Morgan fingerprint density at radius 3 is 2.26 bits per heavy atom. The van der Waals surface area contributed by atoms with Gasteiger partial charge in [-0.1, -0.05) is 24.3 Å². The normalized spacial score (nSPS) is 9.96. The molecule has 0 saturated heterocycles. The molecule has 0 aliphatic heterocycles. The van der Waals surface area contributed by atoms with E-state index in [1.54, 1.807) is 48.5 Å². The summed E-state index contributed by atoms with van der Waals surface area (Å²) >= 11 is 0. The van der Waals surface area contributed by atoms with Gasteiger partial charge in [-0.25, -0.2) is 0 Å². The van der Waals surface area contributed by atoms with Crippen molar-refractivity contribution in [2.24, 2.45) is 5.73 Å². The van der Waals surface area contributed by atoms with E-state index in [4.69, 9.17) is 10.5 Å². The first-order valence-corrected chi connectivity index (χ1v) is 6.90. The van der Waals surface area contributed by atoms with Gasteiger partial charge in [0.2, 0.25) is 0 Å². The van der Waals surface area contributed by atoms with Crippen LogP contribution in [0.1, 0.15) is 27.6 Å². The van der Waals surface area contributed by atoms with E-state index in [0.29, 0.717) is 11.3 Å². The molecule has 0 fully saturated rings. The third-order valence-electron chi connectivity index (χ3n) is 3.06. The molecule has 0 unspecified atom stereocenters. The Labute approximate surface area is 133 Å². The zero-order valence-electron chi connectivity index (χ0n) is 12.5. The van der Waals surface area contributed by atoms with Gasteiger partial charge in [0.15, 0.2) is 12.4 Å². The summed E-state index contributed by atoms with van der Waals surface area (Å²) in [5, 5.41) is 2.68. The van der Waals surface area contributed by atoms with E-state index in [1.807, 2.05) is 0 Å². The number of ketones is 1. The summed E-state index contributed by atoms with van der Waals surface area (Å²) in [6.45, 7) is 1.10. The largest absolute Gasteiger partial charge is 0.483 e. The summed E-state index contributed by atoms with van der Waals surface area (Å²) < 4.78 is 5.23. The van der Waals surface area contributed by atoms with Crippen LogP contribution in [0.5, 0.6) is 5.75 Å². The average Bonchev–Trinajstić information content (AvgIpc) is 2.53. The molecule has 0 aliphatic rings. The number of carbonyl (C=O) groups excluding carboxylic acids is 3. The molecule has 2 aromatic rings. The minimum absolute atomic E-state index is 0.154. The smallest absolute Gasteiger partial charge is 0.259 e. The second-order valence-electron chi connectivity index (χ2n) is 4.81. The van der Waals surface area contributed by atoms with Crippen LogP contribution in [0.15, 0.2) is 48.5 Å². The van der Waals surface area contributed by atoms with Gasteiger partial charge in [0, 0.05) is 5.56 Å². The fourth-order valence-corrected chi connectivity index (χ4v) is 2.02. The van der Waals surface area contributed by atoms with E-state index in [2.05, 4.69) is 5.32 Å². The number of para-hydroxylation sites is 2. The Bertz CT molecular complexity index is 756. The molecule has 0 aliphatic carbocycles. The lowest BCUT2D eigenvalue weighted by Gasteiger charge is -2.12. The molecule has 2 rings (SSSR count). The minimum atomic E-state index is -0.637. The molecule has 0 heterocycles. The van der Waals surface area contributed by atoms with Crippen LogP contribution >= 0.6 is 0 Å². The number of ether oxygens (including phenoxy) is 1. The van der Waals surface area contributed by atoms with Crippen molar-refractivity contribution in [2.45, 2.75) is 6.92 Å². The molecule has 6 nitrogen and oxygen atoms in total. The molecule has 0 aromatic heterocycles. The molecule has 0 radical (unpaired) electrons. The topological polar surface area (TPSA) is 98.5 Å². The molecule has 0 atom stereocenters. The number of carbonyl (C=O) groups is 3. The average molecular weight is 312 g/mol. The van der Waals surface area contributed by atoms with Gasteiger partial charge in [0.05, 0.1) is 11.3 Å². The molecule has 2 amide bonds. The van der Waals surface area contributed by atoms with E-state index >= 15 is 0 Å². The lowest BCUT2D eigenvalue weighted by atomic mass is 10.1. The fraction of sp³-hybridized carbons (Fsp3) is 0.118. The Hall–Kier alpha value is -3.15. The fourth-order valence-electron chi connectivity index (χ4n) is 2.02. The van der Waals surface area contributed by atoms with Crippen LogP contribution in [0.2, 0.25) is 0 Å². The van der Waals surface area contributed by atoms with Gasteiger partial charge in [-0.15, -0.1) is 0 Å². The van der Waals surface area contributed by atoms with Crippen LogP contribution in [-0.2, 0) is 4.79 Å². The summed E-state index contributed by atoms with van der Waals surface area (Å²) in [6, 6.07) is 13.2. The number of primary amides is 1. The van der Waals surface area contributed by atoms with Crippen molar-refractivity contribution < 1.29 is 19.1 Å². The lowest BCUT2D eigenvalue weighted by molar-refractivity contribution is -0.119. The first-order valence-electron chi connectivity index (χ1n) is 6.90. The highest BCUT2D eigenvalue weighted by Gasteiger charge is 2.15. The number of hydrogen-bond acceptors (Lipinski definition) is 4. The second-order valence-corrected chi connectivity index (χ2v) is 4.81. The predicted octanol–water partition coefficient (Wildman–Crippen LogP) is 2.01. The first-order chi connectivity index (χ1) is 11.0. The monoisotopic (exact) mass is 312 g/mol. The van der Waals surface area contributed by atoms with Gasteiger partial charge in [-0.05, 0) is 31.2 Å². The molecular formula is C17H16N2O4. The molecule has 0 saturated carbocycles. The maximum Gasteiger partial charge on any atom is 0.259 e. The van der Waals surface area contributed by atoms with Gasteiger partial charge in [-0.2, -0.15) is 0 Å². The number of rotatable bonds is 6. The van der Waals surface area contributed by atoms with Gasteiger partial charge >= 0.3 is 0 Å². The van der Waals surface area contributed by atoms with Crippen molar-refractivity contribution in [3.8, 4) is 5.75 Å². The van der Waals surface area contributed by atoms with Crippen molar-refractivity contribution in [1.29, 1.82) is 0 Å². The van der Waals surface area contributed by atoms with Crippen LogP contribution in [0, 0.1) is 0 Å². The molecule has 0 bridgehead atoms. The van der Waals surface area contributed by atoms with Crippen LogP contribution in [0.3, 0.4) is 0 Å². The van der Waals surface area contributed by atoms with E-state index in [9.17, 15) is 14.4 Å². The quantitative estimate of drug-likeness (QED) is 0.797. The highest BCUT2D eigenvalue weighted by molar-refractivity contribution is 6.10. The maximum atomic E-state index is 12.4. The number of nitrogens with one attached hydrogen (secondary N) is 1. The molecule has 23 heavy (non-hydrogen) atoms. The van der Waals surface area contributed by atoms with Crippen molar-refractivity contribution in [3.05, 3.63) is 59.7 Å². The third-order valence-corrected chi connectivity index (χ3v) is 3.06. The van der Waals surface area contributed by atoms with Crippen molar-refractivity contribution in [2.75, 3.05) is 11.9 Å². The molecule has 0 spiro atoms. The highest BCUT2D eigenvalue weighted by atomic mass is 16.5. The molecule has 3 N–H and O–H groups in total. The van der Waals surface area contributed by atoms with Crippen molar-refractivity contribution in [1.82, 2.24) is 0 Å². The zero-order chi connectivity index (χ0) is 16.8. The standard InChI is InChI=1S/C17H16N2O4/c1-11(20)12-6-2-4-8-14(12)19-17(22)13-7-3-5-9-15(13)23-10-16(18)21/h2-9H,10H2,1H3,(H2,18,21)(H,19,22). The first kappa shape index (κ1) is 16.2. The Morgan fingerprint density at radius 1 is 1.00 bits per heavy atom. The van der Waals surface area contributed by atoms with E-state index in [0.717, 1.165) is 0 Å². The lowest BCUT2D eigenvalue weighted by Crippen LogP contribution is -2.22. The van der Waals surface area contributed by atoms with Gasteiger partial charge < -0.3 is 15.8 Å². The number of nitrogens with two attached hydrogens (primary N) is 1. The molecule has 118 valence electrons. The zero-order valence-corrected chi connectivity index (χ0v) is 12.5.